The molecule has 0 unspecified atom stereocenters. The second kappa shape index (κ2) is 7.67. The summed E-state index contributed by atoms with van der Waals surface area (Å²) in [6.45, 7) is 4.07. The van der Waals surface area contributed by atoms with Gasteiger partial charge in [-0.1, -0.05) is 36.4 Å². The Morgan fingerprint density at radius 2 is 2.04 bits per heavy atom. The molecule has 2 aromatic carbocycles. The molecule has 0 aliphatic heterocycles. The van der Waals surface area contributed by atoms with E-state index < -0.39 is 6.10 Å². The molecule has 0 aliphatic carbocycles. The highest BCUT2D eigenvalue weighted by Gasteiger charge is 2.14. The molecule has 0 saturated carbocycles. The minimum absolute atomic E-state index is 0.206. The van der Waals surface area contributed by atoms with Gasteiger partial charge in [0.15, 0.2) is 0 Å². The van der Waals surface area contributed by atoms with Crippen LogP contribution in [-0.4, -0.2) is 32.2 Å². The molecule has 0 aliphatic rings. The van der Waals surface area contributed by atoms with Crippen LogP contribution in [0.1, 0.15) is 18.1 Å². The topological polar surface area (TPSA) is 81.9 Å². The highest BCUT2D eigenvalue weighted by atomic mass is 16.5. The molecule has 1 atom stereocenters. The number of carbonyl (C=O) groups excluding carboxylic acids is 1. The van der Waals surface area contributed by atoms with E-state index in [9.17, 15) is 4.79 Å². The van der Waals surface area contributed by atoms with Crippen LogP contribution in [0.4, 0.5) is 5.69 Å². The van der Waals surface area contributed by atoms with Crippen molar-refractivity contribution < 1.29 is 9.53 Å². The molecule has 1 N–H and O–H groups in total. The highest BCUT2D eigenvalue weighted by molar-refractivity contribution is 5.94. The van der Waals surface area contributed by atoms with Crippen LogP contribution < -0.4 is 5.32 Å². The van der Waals surface area contributed by atoms with Crippen molar-refractivity contribution >= 4 is 11.6 Å². The summed E-state index contributed by atoms with van der Waals surface area (Å²) in [5.41, 5.74) is 3.49. The Balaban J connectivity index is 1.63. The van der Waals surface area contributed by atoms with Gasteiger partial charge < -0.3 is 10.1 Å². The Kier molecular flexibility index (Phi) is 5.15. The summed E-state index contributed by atoms with van der Waals surface area (Å²) >= 11 is 0. The Hall–Kier alpha value is -3.06. The fourth-order valence-electron chi connectivity index (χ4n) is 2.32. The van der Waals surface area contributed by atoms with Crippen LogP contribution in [0.15, 0.2) is 54.9 Å². The number of tetrazole rings is 1. The lowest BCUT2D eigenvalue weighted by atomic mass is 10.1. The molecule has 3 rings (SSSR count). The predicted molar refractivity (Wildman–Crippen MR) is 93.2 cm³/mol. The number of aromatic nitrogens is 4. The smallest absolute Gasteiger partial charge is 0.253 e. The van der Waals surface area contributed by atoms with Crippen molar-refractivity contribution in [3.63, 3.8) is 0 Å². The molecule has 0 spiro atoms. The van der Waals surface area contributed by atoms with Gasteiger partial charge in [0, 0.05) is 5.69 Å². The molecule has 1 aromatic heterocycles. The fourth-order valence-corrected chi connectivity index (χ4v) is 2.32. The molecular weight excluding hydrogens is 318 g/mol. The highest BCUT2D eigenvalue weighted by Crippen LogP contribution is 2.18. The summed E-state index contributed by atoms with van der Waals surface area (Å²) < 4.78 is 7.19. The third kappa shape index (κ3) is 4.27. The minimum Gasteiger partial charge on any atom is -0.364 e. The van der Waals surface area contributed by atoms with Gasteiger partial charge in [0.25, 0.3) is 5.91 Å². The Bertz CT molecular complexity index is 834. The summed E-state index contributed by atoms with van der Waals surface area (Å²) in [5.74, 6) is -0.206. The lowest BCUT2D eigenvalue weighted by Crippen LogP contribution is -2.27. The van der Waals surface area contributed by atoms with Crippen molar-refractivity contribution in [3.05, 3.63) is 66.0 Å². The number of nitrogens with one attached hydrogen (secondary N) is 1. The van der Waals surface area contributed by atoms with E-state index in [4.69, 9.17) is 4.74 Å². The van der Waals surface area contributed by atoms with Crippen LogP contribution >= 0.6 is 0 Å². The zero-order chi connectivity index (χ0) is 17.6. The number of nitrogens with zero attached hydrogens (tertiary/aromatic N) is 4. The van der Waals surface area contributed by atoms with E-state index in [1.807, 2.05) is 55.5 Å². The number of hydrogen-bond acceptors (Lipinski definition) is 5. The first-order chi connectivity index (χ1) is 12.1. The van der Waals surface area contributed by atoms with Crippen molar-refractivity contribution in [1.82, 2.24) is 20.2 Å². The Morgan fingerprint density at radius 3 is 2.76 bits per heavy atom. The molecule has 0 radical (unpaired) electrons. The van der Waals surface area contributed by atoms with E-state index in [0.29, 0.717) is 12.3 Å². The van der Waals surface area contributed by atoms with Gasteiger partial charge >= 0.3 is 0 Å². The van der Waals surface area contributed by atoms with Crippen LogP contribution in [0.5, 0.6) is 0 Å². The number of anilines is 1. The molecule has 25 heavy (non-hydrogen) atoms. The largest absolute Gasteiger partial charge is 0.364 e. The van der Waals surface area contributed by atoms with Crippen LogP contribution in [0.2, 0.25) is 0 Å². The van der Waals surface area contributed by atoms with E-state index >= 15 is 0 Å². The molecule has 0 saturated heterocycles. The van der Waals surface area contributed by atoms with Crippen molar-refractivity contribution in [3.8, 4) is 5.69 Å². The average molecular weight is 337 g/mol. The normalized spacial score (nSPS) is 11.9. The first-order valence-corrected chi connectivity index (χ1v) is 7.94. The second-order valence-electron chi connectivity index (χ2n) is 5.68. The maximum Gasteiger partial charge on any atom is 0.253 e. The van der Waals surface area contributed by atoms with Crippen molar-refractivity contribution in [1.29, 1.82) is 0 Å². The number of aryl methyl sites for hydroxylation is 1. The number of carbonyl (C=O) groups is 1. The predicted octanol–water partition coefficient (Wildman–Crippen LogP) is 2.51. The lowest BCUT2D eigenvalue weighted by molar-refractivity contribution is -0.127. The lowest BCUT2D eigenvalue weighted by Gasteiger charge is -2.14. The van der Waals surface area contributed by atoms with Gasteiger partial charge in [-0.05, 0) is 47.5 Å². The van der Waals surface area contributed by atoms with Crippen molar-refractivity contribution in [2.45, 2.75) is 26.6 Å². The summed E-state index contributed by atoms with van der Waals surface area (Å²) in [5, 5.41) is 14.0. The van der Waals surface area contributed by atoms with Gasteiger partial charge in [-0.3, -0.25) is 4.79 Å². The van der Waals surface area contributed by atoms with E-state index in [1.54, 1.807) is 11.6 Å². The molecule has 7 nitrogen and oxygen atoms in total. The first-order valence-electron chi connectivity index (χ1n) is 7.94. The third-order valence-electron chi connectivity index (χ3n) is 3.78. The summed E-state index contributed by atoms with van der Waals surface area (Å²) in [7, 11) is 0. The quantitative estimate of drug-likeness (QED) is 0.747. The first kappa shape index (κ1) is 16.8. The van der Waals surface area contributed by atoms with E-state index in [-0.39, 0.29) is 5.91 Å². The molecule has 3 aromatic rings. The van der Waals surface area contributed by atoms with Crippen LogP contribution in [0.3, 0.4) is 0 Å². The number of amides is 1. The Labute approximate surface area is 145 Å². The monoisotopic (exact) mass is 337 g/mol. The second-order valence-corrected chi connectivity index (χ2v) is 5.68. The molecule has 128 valence electrons. The maximum atomic E-state index is 12.3. The number of rotatable bonds is 6. The summed E-state index contributed by atoms with van der Waals surface area (Å²) in [6.07, 6.45) is 0.942. The zero-order valence-corrected chi connectivity index (χ0v) is 14.1. The SMILES string of the molecule is Cc1ccc(NC(=O)[C@@H](C)OCc2ccccc2)cc1-n1cnnn1. The molecular formula is C18H19N5O2. The van der Waals surface area contributed by atoms with E-state index in [2.05, 4.69) is 20.8 Å². The van der Waals surface area contributed by atoms with Crippen molar-refractivity contribution in [2.24, 2.45) is 0 Å². The fraction of sp³-hybridized carbons (Fsp3) is 0.222. The summed E-state index contributed by atoms with van der Waals surface area (Å²) in [6, 6.07) is 15.3. The van der Waals surface area contributed by atoms with E-state index in [1.165, 1.54) is 6.33 Å². The molecule has 1 heterocycles. The van der Waals surface area contributed by atoms with Gasteiger partial charge in [-0.2, -0.15) is 0 Å². The molecule has 0 fully saturated rings. The number of ether oxygens (including phenoxy) is 1. The molecule has 0 bridgehead atoms. The summed E-state index contributed by atoms with van der Waals surface area (Å²) in [4.78, 5) is 12.3. The van der Waals surface area contributed by atoms with Crippen LogP contribution in [0, 0.1) is 6.92 Å². The van der Waals surface area contributed by atoms with Gasteiger partial charge in [-0.15, -0.1) is 5.10 Å². The Morgan fingerprint density at radius 1 is 1.24 bits per heavy atom. The van der Waals surface area contributed by atoms with E-state index in [0.717, 1.165) is 16.8 Å². The van der Waals surface area contributed by atoms with Gasteiger partial charge in [0.1, 0.15) is 12.4 Å². The van der Waals surface area contributed by atoms with Crippen molar-refractivity contribution in [2.75, 3.05) is 5.32 Å². The number of hydrogen-bond donors (Lipinski definition) is 1. The van der Waals surface area contributed by atoms with Crippen LogP contribution in [-0.2, 0) is 16.1 Å². The number of benzene rings is 2. The minimum atomic E-state index is -0.571. The van der Waals surface area contributed by atoms with Crippen LogP contribution in [0.25, 0.3) is 5.69 Å². The van der Waals surface area contributed by atoms with Gasteiger partial charge in [0.05, 0.1) is 12.3 Å². The third-order valence-corrected chi connectivity index (χ3v) is 3.78. The van der Waals surface area contributed by atoms with Gasteiger partial charge in [-0.25, -0.2) is 4.68 Å². The molecule has 7 heteroatoms. The average Bonchev–Trinajstić information content (AvgIpc) is 3.16. The zero-order valence-electron chi connectivity index (χ0n) is 14.1. The maximum absolute atomic E-state index is 12.3. The molecule has 1 amide bonds. The standard InChI is InChI=1S/C18H19N5O2/c1-13-8-9-16(10-17(13)23-12-19-21-22-23)20-18(24)14(2)25-11-15-6-4-3-5-7-15/h3-10,12,14H,11H2,1-2H3,(H,20,24)/t14-/m1/s1. The van der Waals surface area contributed by atoms with Gasteiger partial charge in [0.2, 0.25) is 0 Å².